The molecule has 1 heterocycles. The Morgan fingerprint density at radius 2 is 1.73 bits per heavy atom. The van der Waals surface area contributed by atoms with E-state index in [1.165, 1.54) is 0 Å². The van der Waals surface area contributed by atoms with Gasteiger partial charge in [0.15, 0.2) is 5.69 Å². The predicted octanol–water partition coefficient (Wildman–Crippen LogP) is 3.64. The number of methoxy groups -OCH3 is 1. The summed E-state index contributed by atoms with van der Waals surface area (Å²) in [4.78, 5) is 12.6. The number of nitrogen functional groups attached to an aromatic ring is 1. The smallest absolute Gasteiger partial charge is 0.276 e. The number of hydrogen-bond acceptors (Lipinski definition) is 4. The van der Waals surface area contributed by atoms with Gasteiger partial charge in [-0.15, -0.1) is 0 Å². The number of carbonyl (C=O) groups excluding carboxylic acids is 1. The molecule has 0 fully saturated rings. The van der Waals surface area contributed by atoms with Crippen LogP contribution in [0.15, 0.2) is 42.5 Å². The number of ether oxygens (including phenoxy) is 1. The number of aryl methyl sites for hydroxylation is 3. The lowest BCUT2D eigenvalue weighted by Crippen LogP contribution is -2.14. The van der Waals surface area contributed by atoms with Crippen molar-refractivity contribution in [3.8, 4) is 11.4 Å². The Morgan fingerprint density at radius 3 is 2.38 bits per heavy atom. The third kappa shape index (κ3) is 3.39. The van der Waals surface area contributed by atoms with Gasteiger partial charge in [-0.05, 0) is 74.4 Å². The molecule has 0 aliphatic heterocycles. The molecule has 0 atom stereocenters. The van der Waals surface area contributed by atoms with E-state index in [-0.39, 0.29) is 5.91 Å². The van der Waals surface area contributed by atoms with Crippen LogP contribution in [-0.2, 0) is 0 Å². The first-order valence-corrected chi connectivity index (χ1v) is 8.28. The molecular weight excluding hydrogens is 328 g/mol. The van der Waals surface area contributed by atoms with Crippen molar-refractivity contribution in [2.24, 2.45) is 0 Å². The van der Waals surface area contributed by atoms with Gasteiger partial charge >= 0.3 is 0 Å². The quantitative estimate of drug-likeness (QED) is 0.704. The zero-order chi connectivity index (χ0) is 18.8. The standard InChI is InChI=1S/C20H22N4O2/c1-12-9-17(21)18(10-13(12)2)22-20(25)19-11-14(3)24(23-19)15-5-7-16(26-4)8-6-15/h5-11H,21H2,1-4H3,(H,22,25). The molecule has 0 aliphatic carbocycles. The highest BCUT2D eigenvalue weighted by molar-refractivity contribution is 6.04. The second kappa shape index (κ2) is 6.92. The Labute approximate surface area is 152 Å². The van der Waals surface area contributed by atoms with Gasteiger partial charge < -0.3 is 15.8 Å². The number of aromatic nitrogens is 2. The topological polar surface area (TPSA) is 82.2 Å². The van der Waals surface area contributed by atoms with Crippen LogP contribution < -0.4 is 15.8 Å². The van der Waals surface area contributed by atoms with Crippen molar-refractivity contribution >= 4 is 17.3 Å². The second-order valence-electron chi connectivity index (χ2n) is 6.26. The van der Waals surface area contributed by atoms with Crippen LogP contribution in [0, 0.1) is 20.8 Å². The minimum atomic E-state index is -0.296. The van der Waals surface area contributed by atoms with Crippen LogP contribution in [0.4, 0.5) is 11.4 Å². The summed E-state index contributed by atoms with van der Waals surface area (Å²) >= 11 is 0. The number of benzene rings is 2. The van der Waals surface area contributed by atoms with E-state index in [4.69, 9.17) is 10.5 Å². The lowest BCUT2D eigenvalue weighted by Gasteiger charge is -2.10. The van der Waals surface area contributed by atoms with E-state index in [1.807, 2.05) is 57.2 Å². The molecule has 26 heavy (non-hydrogen) atoms. The number of nitrogens with two attached hydrogens (primary N) is 1. The number of carbonyl (C=O) groups is 1. The molecule has 1 amide bonds. The number of nitrogens with zero attached hydrogens (tertiary/aromatic N) is 2. The zero-order valence-electron chi connectivity index (χ0n) is 15.3. The highest BCUT2D eigenvalue weighted by Crippen LogP contribution is 2.24. The molecule has 0 spiro atoms. The number of rotatable bonds is 4. The van der Waals surface area contributed by atoms with Crippen LogP contribution >= 0.6 is 0 Å². The van der Waals surface area contributed by atoms with Gasteiger partial charge in [-0.1, -0.05) is 0 Å². The molecule has 0 radical (unpaired) electrons. The first kappa shape index (κ1) is 17.5. The van der Waals surface area contributed by atoms with Crippen molar-refractivity contribution in [1.82, 2.24) is 9.78 Å². The van der Waals surface area contributed by atoms with Gasteiger partial charge in [0.2, 0.25) is 0 Å². The molecule has 6 heteroatoms. The fourth-order valence-electron chi connectivity index (χ4n) is 2.70. The first-order valence-electron chi connectivity index (χ1n) is 8.28. The molecule has 0 bridgehead atoms. The van der Waals surface area contributed by atoms with Crippen LogP contribution in [0.2, 0.25) is 0 Å². The number of hydrogen-bond donors (Lipinski definition) is 2. The van der Waals surface area contributed by atoms with E-state index in [9.17, 15) is 4.79 Å². The summed E-state index contributed by atoms with van der Waals surface area (Å²) in [5.41, 5.74) is 11.3. The summed E-state index contributed by atoms with van der Waals surface area (Å²) in [6.07, 6.45) is 0. The molecule has 0 saturated heterocycles. The van der Waals surface area contributed by atoms with Crippen molar-refractivity contribution in [3.63, 3.8) is 0 Å². The van der Waals surface area contributed by atoms with Gasteiger partial charge in [-0.2, -0.15) is 5.10 Å². The molecule has 2 aromatic carbocycles. The molecule has 3 N–H and O–H groups in total. The van der Waals surface area contributed by atoms with Crippen LogP contribution in [0.1, 0.15) is 27.3 Å². The average molecular weight is 350 g/mol. The molecular formula is C20H22N4O2. The van der Waals surface area contributed by atoms with E-state index in [0.717, 1.165) is 28.3 Å². The third-order valence-electron chi connectivity index (χ3n) is 4.35. The minimum absolute atomic E-state index is 0.296. The molecule has 6 nitrogen and oxygen atoms in total. The van der Waals surface area contributed by atoms with Crippen LogP contribution in [0.3, 0.4) is 0 Å². The van der Waals surface area contributed by atoms with Gasteiger partial charge in [-0.25, -0.2) is 4.68 Å². The maximum atomic E-state index is 12.6. The summed E-state index contributed by atoms with van der Waals surface area (Å²) in [7, 11) is 1.62. The number of nitrogens with one attached hydrogen (secondary N) is 1. The van der Waals surface area contributed by atoms with Crippen LogP contribution in [-0.4, -0.2) is 22.8 Å². The highest BCUT2D eigenvalue weighted by atomic mass is 16.5. The van der Waals surface area contributed by atoms with Gasteiger partial charge in [0.05, 0.1) is 24.2 Å². The SMILES string of the molecule is COc1ccc(-n2nc(C(=O)Nc3cc(C)c(C)cc3N)cc2C)cc1. The summed E-state index contributed by atoms with van der Waals surface area (Å²) in [6.45, 7) is 5.86. The second-order valence-corrected chi connectivity index (χ2v) is 6.26. The Kier molecular flexibility index (Phi) is 4.67. The maximum Gasteiger partial charge on any atom is 0.276 e. The molecule has 3 rings (SSSR count). The number of amides is 1. The molecule has 134 valence electrons. The lowest BCUT2D eigenvalue weighted by molar-refractivity contribution is 0.102. The minimum Gasteiger partial charge on any atom is -0.497 e. The normalized spacial score (nSPS) is 10.6. The van der Waals surface area contributed by atoms with Crippen LogP contribution in [0.5, 0.6) is 5.75 Å². The molecule has 0 saturated carbocycles. The lowest BCUT2D eigenvalue weighted by atomic mass is 10.1. The molecule has 0 unspecified atom stereocenters. The van der Waals surface area contributed by atoms with Gasteiger partial charge in [0.25, 0.3) is 5.91 Å². The molecule has 1 aromatic heterocycles. The maximum absolute atomic E-state index is 12.6. The van der Waals surface area contributed by atoms with Crippen molar-refractivity contribution < 1.29 is 9.53 Å². The number of anilines is 2. The van der Waals surface area contributed by atoms with Crippen LogP contribution in [0.25, 0.3) is 5.69 Å². The van der Waals surface area contributed by atoms with Crippen molar-refractivity contribution in [1.29, 1.82) is 0 Å². The summed E-state index contributed by atoms with van der Waals surface area (Å²) < 4.78 is 6.89. The third-order valence-corrected chi connectivity index (χ3v) is 4.35. The van der Waals surface area contributed by atoms with Crippen molar-refractivity contribution in [2.75, 3.05) is 18.2 Å². The van der Waals surface area contributed by atoms with Crippen molar-refractivity contribution in [3.05, 3.63) is 65.0 Å². The van der Waals surface area contributed by atoms with E-state index in [2.05, 4.69) is 10.4 Å². The van der Waals surface area contributed by atoms with E-state index < -0.39 is 0 Å². The summed E-state index contributed by atoms with van der Waals surface area (Å²) in [6, 6.07) is 13.0. The largest absolute Gasteiger partial charge is 0.497 e. The monoisotopic (exact) mass is 350 g/mol. The van der Waals surface area contributed by atoms with Gasteiger partial charge in [0.1, 0.15) is 5.75 Å². The Bertz CT molecular complexity index is 959. The van der Waals surface area contributed by atoms with Gasteiger partial charge in [0, 0.05) is 5.69 Å². The highest BCUT2D eigenvalue weighted by Gasteiger charge is 2.15. The molecule has 3 aromatic rings. The average Bonchev–Trinajstić information content (AvgIpc) is 3.01. The first-order chi connectivity index (χ1) is 12.4. The summed E-state index contributed by atoms with van der Waals surface area (Å²) in [5.74, 6) is 0.469. The fourth-order valence-corrected chi connectivity index (χ4v) is 2.70. The Balaban J connectivity index is 1.86. The fraction of sp³-hybridized carbons (Fsp3) is 0.200. The van der Waals surface area contributed by atoms with E-state index in [0.29, 0.717) is 17.1 Å². The van der Waals surface area contributed by atoms with E-state index >= 15 is 0 Å². The van der Waals surface area contributed by atoms with E-state index in [1.54, 1.807) is 17.9 Å². The summed E-state index contributed by atoms with van der Waals surface area (Å²) in [5, 5.41) is 7.27. The Hall–Kier alpha value is -3.28. The predicted molar refractivity (Wildman–Crippen MR) is 103 cm³/mol. The van der Waals surface area contributed by atoms with Gasteiger partial charge in [-0.3, -0.25) is 4.79 Å². The molecule has 0 aliphatic rings. The zero-order valence-corrected chi connectivity index (χ0v) is 15.3. The van der Waals surface area contributed by atoms with Crippen molar-refractivity contribution in [2.45, 2.75) is 20.8 Å². The Morgan fingerprint density at radius 1 is 1.08 bits per heavy atom.